The van der Waals surface area contributed by atoms with Crippen molar-refractivity contribution in [2.24, 2.45) is 0 Å². The molecular weight excluding hydrogens is 314 g/mol. The molecule has 0 aromatic heterocycles. The third kappa shape index (κ3) is 5.46. The second-order valence-electron chi connectivity index (χ2n) is 3.39. The number of nitrogens with zero attached hydrogens (tertiary/aromatic N) is 1. The van der Waals surface area contributed by atoms with E-state index in [0.717, 1.165) is 0 Å². The van der Waals surface area contributed by atoms with Gasteiger partial charge in [-0.2, -0.15) is 0 Å². The monoisotopic (exact) mass is 322 g/mol. The Morgan fingerprint density at radius 1 is 1.47 bits per heavy atom. The fraction of sp³-hybridized carbons (Fsp3) is 0.182. The van der Waals surface area contributed by atoms with Crippen LogP contribution in [0.15, 0.2) is 30.3 Å². The molecule has 0 aliphatic heterocycles. The molecule has 1 N–H and O–H groups in total. The SMILES string of the molecule is N=C(OC/C=C/c1cccc([N+](=O)[O-])c1)C(Cl)(Cl)Cl. The third-order valence-electron chi connectivity index (χ3n) is 1.97. The summed E-state index contributed by atoms with van der Waals surface area (Å²) in [6.07, 6.45) is 3.17. The molecule has 0 saturated carbocycles. The van der Waals surface area contributed by atoms with Gasteiger partial charge in [-0.05, 0) is 11.6 Å². The summed E-state index contributed by atoms with van der Waals surface area (Å²) in [5, 5.41) is 17.8. The Morgan fingerprint density at radius 3 is 2.74 bits per heavy atom. The van der Waals surface area contributed by atoms with Gasteiger partial charge in [0, 0.05) is 12.1 Å². The second kappa shape index (κ2) is 6.75. The van der Waals surface area contributed by atoms with Crippen LogP contribution < -0.4 is 0 Å². The van der Waals surface area contributed by atoms with Crippen molar-refractivity contribution in [3.63, 3.8) is 0 Å². The van der Waals surface area contributed by atoms with E-state index in [-0.39, 0.29) is 12.3 Å². The van der Waals surface area contributed by atoms with E-state index < -0.39 is 14.6 Å². The third-order valence-corrected chi connectivity index (χ3v) is 2.49. The number of rotatable bonds is 4. The average molecular weight is 324 g/mol. The predicted octanol–water partition coefficient (Wildman–Crippen LogP) is 3.97. The minimum absolute atomic E-state index is 0.00268. The lowest BCUT2D eigenvalue weighted by atomic mass is 10.2. The van der Waals surface area contributed by atoms with Crippen LogP contribution in [-0.2, 0) is 4.74 Å². The minimum atomic E-state index is -1.89. The van der Waals surface area contributed by atoms with Gasteiger partial charge < -0.3 is 4.74 Å². The summed E-state index contributed by atoms with van der Waals surface area (Å²) in [4.78, 5) is 10.1. The molecule has 0 aliphatic rings. The van der Waals surface area contributed by atoms with Crippen molar-refractivity contribution >= 4 is 52.5 Å². The molecule has 102 valence electrons. The molecule has 0 amide bonds. The first kappa shape index (κ1) is 15.8. The first-order chi connectivity index (χ1) is 8.80. The van der Waals surface area contributed by atoms with Crippen LogP contribution in [0.3, 0.4) is 0 Å². The zero-order chi connectivity index (χ0) is 14.5. The summed E-state index contributed by atoms with van der Waals surface area (Å²) >= 11 is 16.3. The average Bonchev–Trinajstić information content (AvgIpc) is 2.33. The van der Waals surface area contributed by atoms with Crippen LogP contribution in [0.5, 0.6) is 0 Å². The van der Waals surface area contributed by atoms with Crippen LogP contribution in [0.25, 0.3) is 6.08 Å². The lowest BCUT2D eigenvalue weighted by Gasteiger charge is -2.11. The van der Waals surface area contributed by atoms with Crippen molar-refractivity contribution in [2.75, 3.05) is 6.61 Å². The van der Waals surface area contributed by atoms with Crippen LogP contribution in [0.2, 0.25) is 0 Å². The number of hydrogen-bond acceptors (Lipinski definition) is 4. The van der Waals surface area contributed by atoms with Gasteiger partial charge in [-0.25, -0.2) is 0 Å². The van der Waals surface area contributed by atoms with E-state index in [1.807, 2.05) is 0 Å². The second-order valence-corrected chi connectivity index (χ2v) is 5.67. The number of nitro benzene ring substituents is 1. The van der Waals surface area contributed by atoms with E-state index in [2.05, 4.69) is 0 Å². The van der Waals surface area contributed by atoms with Gasteiger partial charge in [0.2, 0.25) is 5.90 Å². The highest BCUT2D eigenvalue weighted by Crippen LogP contribution is 2.27. The topological polar surface area (TPSA) is 76.2 Å². The largest absolute Gasteiger partial charge is 0.474 e. The van der Waals surface area contributed by atoms with Crippen molar-refractivity contribution in [1.82, 2.24) is 0 Å². The van der Waals surface area contributed by atoms with E-state index in [9.17, 15) is 10.1 Å². The zero-order valence-electron chi connectivity index (χ0n) is 9.48. The number of nitrogens with one attached hydrogen (secondary N) is 1. The molecule has 0 bridgehead atoms. The molecule has 1 aromatic rings. The van der Waals surface area contributed by atoms with Gasteiger partial charge in [0.05, 0.1) is 4.92 Å². The fourth-order valence-electron chi connectivity index (χ4n) is 1.14. The molecule has 0 saturated heterocycles. The summed E-state index contributed by atoms with van der Waals surface area (Å²) in [5.41, 5.74) is 0.635. The Balaban J connectivity index is 2.56. The Labute approximate surface area is 124 Å². The lowest BCUT2D eigenvalue weighted by molar-refractivity contribution is -0.384. The molecule has 0 unspecified atom stereocenters. The number of alkyl halides is 3. The highest BCUT2D eigenvalue weighted by molar-refractivity contribution is 6.76. The Kier molecular flexibility index (Phi) is 5.60. The van der Waals surface area contributed by atoms with E-state index in [1.165, 1.54) is 12.1 Å². The number of ether oxygens (including phenoxy) is 1. The van der Waals surface area contributed by atoms with Crippen molar-refractivity contribution in [3.8, 4) is 0 Å². The van der Waals surface area contributed by atoms with Gasteiger partial charge >= 0.3 is 0 Å². The van der Waals surface area contributed by atoms with E-state index in [1.54, 1.807) is 24.3 Å². The number of nitro groups is 1. The van der Waals surface area contributed by atoms with Gasteiger partial charge in [-0.15, -0.1) is 0 Å². The molecular formula is C11H9Cl3N2O3. The molecule has 0 spiro atoms. The van der Waals surface area contributed by atoms with Crippen LogP contribution in [-0.4, -0.2) is 21.2 Å². The maximum absolute atomic E-state index is 10.6. The number of benzene rings is 1. The molecule has 0 heterocycles. The maximum Gasteiger partial charge on any atom is 0.270 e. The molecule has 0 radical (unpaired) electrons. The minimum Gasteiger partial charge on any atom is -0.474 e. The van der Waals surface area contributed by atoms with Crippen molar-refractivity contribution < 1.29 is 9.66 Å². The summed E-state index contributed by atoms with van der Waals surface area (Å²) in [6.45, 7) is 0.0232. The molecule has 8 heteroatoms. The van der Waals surface area contributed by atoms with Gasteiger partial charge in [0.1, 0.15) is 6.61 Å². The normalized spacial score (nSPS) is 11.5. The number of non-ortho nitro benzene ring substituents is 1. The summed E-state index contributed by atoms with van der Waals surface area (Å²) in [7, 11) is 0. The van der Waals surface area contributed by atoms with E-state index >= 15 is 0 Å². The first-order valence-corrected chi connectivity index (χ1v) is 6.13. The standard InChI is InChI=1S/C11H9Cl3N2O3/c12-11(13,14)10(15)19-6-2-4-8-3-1-5-9(7-8)16(17)18/h1-5,7,15H,6H2/b4-2+,15-10?. The zero-order valence-corrected chi connectivity index (χ0v) is 11.7. The number of hydrogen-bond donors (Lipinski definition) is 1. The van der Waals surface area contributed by atoms with Crippen molar-refractivity contribution in [2.45, 2.75) is 3.79 Å². The smallest absolute Gasteiger partial charge is 0.270 e. The highest BCUT2D eigenvalue weighted by Gasteiger charge is 2.28. The van der Waals surface area contributed by atoms with Gasteiger partial charge in [-0.1, -0.05) is 53.0 Å². The quantitative estimate of drug-likeness (QED) is 0.299. The highest BCUT2D eigenvalue weighted by atomic mass is 35.6. The van der Waals surface area contributed by atoms with Crippen LogP contribution in [0.4, 0.5) is 5.69 Å². The molecule has 19 heavy (non-hydrogen) atoms. The van der Waals surface area contributed by atoms with Crippen LogP contribution in [0, 0.1) is 15.5 Å². The summed E-state index contributed by atoms with van der Waals surface area (Å²) in [6, 6.07) is 6.08. The maximum atomic E-state index is 10.6. The Hall–Kier alpha value is -1.30. The summed E-state index contributed by atoms with van der Waals surface area (Å²) in [5.74, 6) is -0.485. The molecule has 1 rings (SSSR count). The van der Waals surface area contributed by atoms with E-state index in [0.29, 0.717) is 5.56 Å². The summed E-state index contributed by atoms with van der Waals surface area (Å²) < 4.78 is 2.98. The fourth-order valence-corrected chi connectivity index (χ4v) is 1.30. The molecule has 0 aliphatic carbocycles. The lowest BCUT2D eigenvalue weighted by Crippen LogP contribution is -2.21. The van der Waals surface area contributed by atoms with Gasteiger partial charge in [0.15, 0.2) is 0 Å². The Morgan fingerprint density at radius 2 is 2.16 bits per heavy atom. The van der Waals surface area contributed by atoms with Gasteiger partial charge in [-0.3, -0.25) is 15.5 Å². The predicted molar refractivity (Wildman–Crippen MR) is 76.1 cm³/mol. The molecule has 0 atom stereocenters. The van der Waals surface area contributed by atoms with Crippen LogP contribution >= 0.6 is 34.8 Å². The van der Waals surface area contributed by atoms with Crippen LogP contribution in [0.1, 0.15) is 5.56 Å². The number of halogens is 3. The first-order valence-electron chi connectivity index (χ1n) is 5.00. The Bertz CT molecular complexity index is 512. The molecule has 1 aromatic carbocycles. The van der Waals surface area contributed by atoms with Crippen molar-refractivity contribution in [3.05, 3.63) is 46.0 Å². The van der Waals surface area contributed by atoms with Crippen molar-refractivity contribution in [1.29, 1.82) is 5.41 Å². The van der Waals surface area contributed by atoms with E-state index in [4.69, 9.17) is 44.9 Å². The molecule has 5 nitrogen and oxygen atoms in total. The molecule has 0 fully saturated rings. The van der Waals surface area contributed by atoms with Gasteiger partial charge in [0.25, 0.3) is 9.48 Å².